The number of nitrogens with zero attached hydrogens (tertiary/aromatic N) is 4. The third-order valence-corrected chi connectivity index (χ3v) is 6.33. The van der Waals surface area contributed by atoms with Gasteiger partial charge in [-0.05, 0) is 42.1 Å². The maximum Gasteiger partial charge on any atom is 0.340 e. The molecule has 1 aromatic carbocycles. The monoisotopic (exact) mass is 472 g/mol. The number of thioether (sulfide) groups is 1. The predicted molar refractivity (Wildman–Crippen MR) is 123 cm³/mol. The van der Waals surface area contributed by atoms with Crippen LogP contribution in [-0.4, -0.2) is 58.2 Å². The topological polar surface area (TPSA) is 108 Å². The van der Waals surface area contributed by atoms with Crippen molar-refractivity contribution in [3.05, 3.63) is 40.8 Å². The fourth-order valence-electron chi connectivity index (χ4n) is 3.05. The highest BCUT2D eigenvalue weighted by molar-refractivity contribution is 7.99. The van der Waals surface area contributed by atoms with E-state index in [-0.39, 0.29) is 29.4 Å². The quantitative estimate of drug-likeness (QED) is 0.410. The number of carbonyl (C=O) groups is 1. The number of carbonyl (C=O) groups excluding carboxylic acids is 1. The van der Waals surface area contributed by atoms with Crippen molar-refractivity contribution in [2.24, 2.45) is 5.10 Å². The van der Waals surface area contributed by atoms with Gasteiger partial charge in [0, 0.05) is 5.75 Å². The van der Waals surface area contributed by atoms with Crippen molar-refractivity contribution in [1.29, 1.82) is 0 Å². The number of phenolic OH excluding ortho intramolecular Hbond substituents is 1. The zero-order valence-corrected chi connectivity index (χ0v) is 19.2. The molecule has 4 rings (SSSR count). The third kappa shape index (κ3) is 4.21. The lowest BCUT2D eigenvalue weighted by atomic mass is 10.1. The van der Waals surface area contributed by atoms with Gasteiger partial charge in [-0.15, -0.1) is 21.5 Å². The average Bonchev–Trinajstić information content (AvgIpc) is 3.47. The molecule has 0 unspecified atom stereocenters. The van der Waals surface area contributed by atoms with Crippen LogP contribution in [0.1, 0.15) is 12.5 Å². The molecule has 0 fully saturated rings. The molecule has 3 aromatic rings. The molecule has 0 atom stereocenters. The summed E-state index contributed by atoms with van der Waals surface area (Å²) in [5.74, 6) is 0.840. The summed E-state index contributed by atoms with van der Waals surface area (Å²) in [6.07, 6.45) is 1.64. The van der Waals surface area contributed by atoms with Crippen LogP contribution < -0.4 is 9.47 Å². The molecule has 1 aliphatic heterocycles. The highest BCUT2D eigenvalue weighted by Gasteiger charge is 2.26. The SMILES string of the molecule is CCOC(=O)/C(=C\c1cc(OC)c(O)c(OC)c1)C1=Nn2c(nnc2-c2cccs2)SC1. The summed E-state index contributed by atoms with van der Waals surface area (Å²) in [6.45, 7) is 1.96. The van der Waals surface area contributed by atoms with Crippen LogP contribution in [0.3, 0.4) is 0 Å². The fourth-order valence-corrected chi connectivity index (χ4v) is 4.57. The van der Waals surface area contributed by atoms with Gasteiger partial charge in [0.05, 0.1) is 37.0 Å². The second-order valence-electron chi connectivity index (χ2n) is 6.48. The Kier molecular flexibility index (Phi) is 6.47. The number of phenols is 1. The molecule has 0 amide bonds. The molecule has 2 aromatic heterocycles. The molecule has 0 aliphatic carbocycles. The summed E-state index contributed by atoms with van der Waals surface area (Å²) < 4.78 is 17.4. The zero-order valence-electron chi connectivity index (χ0n) is 17.6. The van der Waals surface area contributed by atoms with Gasteiger partial charge in [0.1, 0.15) is 0 Å². The number of esters is 1. The summed E-state index contributed by atoms with van der Waals surface area (Å²) in [5, 5.41) is 25.9. The molecule has 166 valence electrons. The van der Waals surface area contributed by atoms with Gasteiger partial charge < -0.3 is 19.3 Å². The molecule has 3 heterocycles. The van der Waals surface area contributed by atoms with E-state index in [4.69, 9.17) is 14.2 Å². The summed E-state index contributed by atoms with van der Waals surface area (Å²) in [6, 6.07) is 7.08. The van der Waals surface area contributed by atoms with E-state index < -0.39 is 5.97 Å². The Morgan fingerprint density at radius 3 is 2.62 bits per heavy atom. The molecular formula is C21H20N4O5S2. The van der Waals surface area contributed by atoms with Crippen LogP contribution in [0.2, 0.25) is 0 Å². The van der Waals surface area contributed by atoms with Crippen molar-refractivity contribution in [3.63, 3.8) is 0 Å². The van der Waals surface area contributed by atoms with Crippen molar-refractivity contribution < 1.29 is 24.1 Å². The predicted octanol–water partition coefficient (Wildman–Crippen LogP) is 3.69. The number of aromatic nitrogens is 3. The van der Waals surface area contributed by atoms with Crippen LogP contribution in [0, 0.1) is 0 Å². The summed E-state index contributed by atoms with van der Waals surface area (Å²) >= 11 is 2.96. The Morgan fingerprint density at radius 1 is 1.25 bits per heavy atom. The van der Waals surface area contributed by atoms with E-state index in [0.717, 1.165) is 4.88 Å². The number of rotatable bonds is 7. The fraction of sp³-hybridized carbons (Fsp3) is 0.238. The molecule has 1 N–H and O–H groups in total. The number of benzene rings is 1. The van der Waals surface area contributed by atoms with E-state index in [1.54, 1.807) is 29.8 Å². The first-order valence-corrected chi connectivity index (χ1v) is 11.5. The van der Waals surface area contributed by atoms with Gasteiger partial charge in [-0.2, -0.15) is 9.78 Å². The molecule has 0 bridgehead atoms. The van der Waals surface area contributed by atoms with Gasteiger partial charge in [0.2, 0.25) is 10.9 Å². The number of hydrogen-bond donors (Lipinski definition) is 1. The lowest BCUT2D eigenvalue weighted by molar-refractivity contribution is -0.137. The second-order valence-corrected chi connectivity index (χ2v) is 8.37. The maximum atomic E-state index is 12.9. The smallest absolute Gasteiger partial charge is 0.340 e. The molecule has 0 radical (unpaired) electrons. The Morgan fingerprint density at radius 2 is 2.00 bits per heavy atom. The maximum absolute atomic E-state index is 12.9. The van der Waals surface area contributed by atoms with Gasteiger partial charge in [-0.25, -0.2) is 4.79 Å². The molecular weight excluding hydrogens is 452 g/mol. The van der Waals surface area contributed by atoms with E-state index in [9.17, 15) is 9.90 Å². The Hall–Kier alpha value is -3.31. The Labute approximate surface area is 192 Å². The van der Waals surface area contributed by atoms with E-state index in [0.29, 0.717) is 28.0 Å². The van der Waals surface area contributed by atoms with Crippen molar-refractivity contribution >= 4 is 40.9 Å². The number of hydrogen-bond acceptors (Lipinski definition) is 10. The molecule has 0 saturated carbocycles. The van der Waals surface area contributed by atoms with Crippen LogP contribution in [0.25, 0.3) is 16.8 Å². The van der Waals surface area contributed by atoms with Gasteiger partial charge >= 0.3 is 5.97 Å². The third-order valence-electron chi connectivity index (χ3n) is 4.53. The number of ether oxygens (including phenoxy) is 3. The minimum atomic E-state index is -0.507. The standard InChI is InChI=1S/C21H20N4O5S2/c1-4-30-20(27)13(8-12-9-15(28-2)18(26)16(10-12)29-3)14-11-32-21-23-22-19(25(21)24-14)17-6-5-7-31-17/h5-10,26H,4,11H2,1-3H3/b13-8-. The van der Waals surface area contributed by atoms with E-state index >= 15 is 0 Å². The Balaban J connectivity index is 1.81. The molecule has 0 spiro atoms. The molecule has 9 nitrogen and oxygen atoms in total. The van der Waals surface area contributed by atoms with E-state index in [1.165, 1.54) is 37.3 Å². The lowest BCUT2D eigenvalue weighted by Crippen LogP contribution is -2.21. The van der Waals surface area contributed by atoms with Crippen LogP contribution in [0.5, 0.6) is 17.2 Å². The summed E-state index contributed by atoms with van der Waals surface area (Å²) in [7, 11) is 2.88. The number of methoxy groups -OCH3 is 2. The van der Waals surface area contributed by atoms with Crippen molar-refractivity contribution in [1.82, 2.24) is 14.9 Å². The van der Waals surface area contributed by atoms with Crippen molar-refractivity contribution in [2.75, 3.05) is 26.6 Å². The highest BCUT2D eigenvalue weighted by atomic mass is 32.2. The van der Waals surface area contributed by atoms with E-state index in [1.807, 2.05) is 17.5 Å². The van der Waals surface area contributed by atoms with Crippen LogP contribution in [0.15, 0.2) is 45.5 Å². The second kappa shape index (κ2) is 9.45. The van der Waals surface area contributed by atoms with Gasteiger partial charge in [-0.1, -0.05) is 17.8 Å². The first-order chi connectivity index (χ1) is 15.5. The largest absolute Gasteiger partial charge is 0.502 e. The van der Waals surface area contributed by atoms with Gasteiger partial charge in [0.25, 0.3) is 0 Å². The summed E-state index contributed by atoms with van der Waals surface area (Å²) in [4.78, 5) is 13.8. The molecule has 32 heavy (non-hydrogen) atoms. The molecule has 11 heteroatoms. The number of fused-ring (bicyclic) bond motifs is 1. The number of thiophene rings is 1. The lowest BCUT2D eigenvalue weighted by Gasteiger charge is -2.16. The van der Waals surface area contributed by atoms with Gasteiger partial charge in [0.15, 0.2) is 17.3 Å². The van der Waals surface area contributed by atoms with Crippen molar-refractivity contribution in [3.8, 4) is 28.0 Å². The van der Waals surface area contributed by atoms with Crippen LogP contribution >= 0.6 is 23.1 Å². The molecule has 1 aliphatic rings. The minimum Gasteiger partial charge on any atom is -0.502 e. The zero-order chi connectivity index (χ0) is 22.7. The first-order valence-electron chi connectivity index (χ1n) is 9.59. The van der Waals surface area contributed by atoms with Crippen LogP contribution in [-0.2, 0) is 9.53 Å². The first kappa shape index (κ1) is 21.9. The Bertz CT molecular complexity index is 1180. The average molecular weight is 473 g/mol. The van der Waals surface area contributed by atoms with Crippen molar-refractivity contribution in [2.45, 2.75) is 12.1 Å². The van der Waals surface area contributed by atoms with Gasteiger partial charge in [-0.3, -0.25) is 0 Å². The van der Waals surface area contributed by atoms with Crippen LogP contribution in [0.4, 0.5) is 0 Å². The normalized spacial score (nSPS) is 13.3. The minimum absolute atomic E-state index is 0.120. The highest BCUT2D eigenvalue weighted by Crippen LogP contribution is 2.38. The van der Waals surface area contributed by atoms with E-state index in [2.05, 4.69) is 15.3 Å². The number of aromatic hydroxyl groups is 1. The summed E-state index contributed by atoms with van der Waals surface area (Å²) in [5.41, 5.74) is 1.38. The molecule has 0 saturated heterocycles.